The summed E-state index contributed by atoms with van der Waals surface area (Å²) in [5.41, 5.74) is 0.922. The van der Waals surface area contributed by atoms with E-state index >= 15 is 0 Å². The van der Waals surface area contributed by atoms with Gasteiger partial charge in [0.1, 0.15) is 5.76 Å². The molecule has 0 bridgehead atoms. The molecule has 0 aliphatic heterocycles. The summed E-state index contributed by atoms with van der Waals surface area (Å²) in [5.74, 6) is -1.69. The van der Waals surface area contributed by atoms with Gasteiger partial charge in [-0.25, -0.2) is 0 Å². The number of carboxylic acids is 1. The van der Waals surface area contributed by atoms with Gasteiger partial charge in [0.05, 0.1) is 17.9 Å². The first-order valence-corrected chi connectivity index (χ1v) is 5.91. The predicted octanol–water partition coefficient (Wildman–Crippen LogP) is 1.11. The van der Waals surface area contributed by atoms with E-state index in [2.05, 4.69) is 5.32 Å². The van der Waals surface area contributed by atoms with Gasteiger partial charge in [-0.2, -0.15) is 0 Å². The Balaban J connectivity index is 2.21. The number of carbonyl (C=O) groups is 2. The van der Waals surface area contributed by atoms with E-state index < -0.39 is 11.9 Å². The van der Waals surface area contributed by atoms with Gasteiger partial charge < -0.3 is 19.6 Å². The molecule has 1 aromatic carbocycles. The summed E-state index contributed by atoms with van der Waals surface area (Å²) in [5, 5.41) is 13.3. The normalized spacial score (nSPS) is 11.2. The summed E-state index contributed by atoms with van der Waals surface area (Å²) >= 11 is 0. The lowest BCUT2D eigenvalue weighted by Crippen LogP contribution is -2.35. The smallest absolute Gasteiger partial charge is 0.255 e. The first-order valence-electron chi connectivity index (χ1n) is 5.91. The number of carbonyl (C=O) groups excluding carboxylic acids is 2. The van der Waals surface area contributed by atoms with Gasteiger partial charge in [-0.15, -0.1) is 0 Å². The molecule has 1 heterocycles. The molecular weight excluding hydrogens is 258 g/mol. The highest BCUT2D eigenvalue weighted by Crippen LogP contribution is 2.08. The van der Waals surface area contributed by atoms with Crippen LogP contribution in [-0.2, 0) is 4.79 Å². The second-order valence-electron chi connectivity index (χ2n) is 4.18. The Morgan fingerprint density at radius 1 is 1.25 bits per heavy atom. The van der Waals surface area contributed by atoms with Crippen LogP contribution in [0.5, 0.6) is 0 Å². The minimum Gasteiger partial charge on any atom is -0.543 e. The lowest BCUT2D eigenvalue weighted by Gasteiger charge is -2.10. The quantitative estimate of drug-likeness (QED) is 0.844. The van der Waals surface area contributed by atoms with Gasteiger partial charge in [0, 0.05) is 11.6 Å². The van der Waals surface area contributed by atoms with Crippen molar-refractivity contribution >= 4 is 18.0 Å². The molecule has 5 nitrogen and oxygen atoms in total. The van der Waals surface area contributed by atoms with E-state index in [9.17, 15) is 14.7 Å². The van der Waals surface area contributed by atoms with Crippen LogP contribution in [0, 0.1) is 6.92 Å². The van der Waals surface area contributed by atoms with Crippen LogP contribution in [0.1, 0.15) is 21.7 Å². The van der Waals surface area contributed by atoms with Crippen LogP contribution in [0.2, 0.25) is 0 Å². The number of aliphatic carboxylic acids is 1. The molecule has 0 saturated heterocycles. The molecule has 0 atom stereocenters. The Morgan fingerprint density at radius 3 is 2.65 bits per heavy atom. The molecule has 5 heteroatoms. The maximum atomic E-state index is 12.0. The first kappa shape index (κ1) is 13.6. The van der Waals surface area contributed by atoms with E-state index in [1.54, 1.807) is 30.3 Å². The zero-order valence-electron chi connectivity index (χ0n) is 10.8. The van der Waals surface area contributed by atoms with Crippen LogP contribution in [-0.4, -0.2) is 11.9 Å². The van der Waals surface area contributed by atoms with Crippen LogP contribution in [0.15, 0.2) is 52.8 Å². The summed E-state index contributed by atoms with van der Waals surface area (Å²) in [4.78, 5) is 23.0. The van der Waals surface area contributed by atoms with Crippen molar-refractivity contribution < 1.29 is 19.1 Å². The second-order valence-corrected chi connectivity index (χ2v) is 4.18. The Bertz CT molecular complexity index is 656. The number of carboxylic acid groups (broad SMARTS) is 1. The molecule has 0 unspecified atom stereocenters. The average molecular weight is 270 g/mol. The molecule has 0 aliphatic rings. The summed E-state index contributed by atoms with van der Waals surface area (Å²) in [6, 6.07) is 10.0. The van der Waals surface area contributed by atoms with Crippen molar-refractivity contribution in [2.24, 2.45) is 0 Å². The zero-order chi connectivity index (χ0) is 14.5. The van der Waals surface area contributed by atoms with E-state index in [1.807, 2.05) is 13.0 Å². The third-order valence-corrected chi connectivity index (χ3v) is 2.58. The number of aryl methyl sites for hydroxylation is 1. The fourth-order valence-corrected chi connectivity index (χ4v) is 1.64. The first-order chi connectivity index (χ1) is 9.56. The molecule has 2 rings (SSSR count). The molecule has 0 fully saturated rings. The van der Waals surface area contributed by atoms with Crippen molar-refractivity contribution in [2.75, 3.05) is 0 Å². The van der Waals surface area contributed by atoms with Gasteiger partial charge in [0.15, 0.2) is 0 Å². The van der Waals surface area contributed by atoms with Gasteiger partial charge >= 0.3 is 0 Å². The van der Waals surface area contributed by atoms with Gasteiger partial charge in [-0.05, 0) is 31.2 Å². The third kappa shape index (κ3) is 3.35. The topological polar surface area (TPSA) is 82.4 Å². The lowest BCUT2D eigenvalue weighted by molar-refractivity contribution is -0.299. The van der Waals surface area contributed by atoms with E-state index in [4.69, 9.17) is 4.42 Å². The van der Waals surface area contributed by atoms with Crippen molar-refractivity contribution in [2.45, 2.75) is 6.92 Å². The zero-order valence-corrected chi connectivity index (χ0v) is 10.8. The van der Waals surface area contributed by atoms with Crippen LogP contribution >= 0.6 is 0 Å². The molecule has 1 N–H and O–H groups in total. The highest BCUT2D eigenvalue weighted by molar-refractivity contribution is 6.02. The largest absolute Gasteiger partial charge is 0.543 e. The fraction of sp³-hybridized carbons (Fsp3) is 0.0667. The molecule has 0 saturated carbocycles. The van der Waals surface area contributed by atoms with Crippen molar-refractivity contribution in [3.05, 3.63) is 65.2 Å². The number of hydrogen-bond donors (Lipinski definition) is 1. The van der Waals surface area contributed by atoms with Crippen LogP contribution in [0.25, 0.3) is 6.08 Å². The summed E-state index contributed by atoms with van der Waals surface area (Å²) in [7, 11) is 0. The number of furan rings is 1. The molecule has 20 heavy (non-hydrogen) atoms. The number of nitrogens with one attached hydrogen (secondary N) is 1. The van der Waals surface area contributed by atoms with E-state index in [-0.39, 0.29) is 5.70 Å². The monoisotopic (exact) mass is 270 g/mol. The minimum atomic E-state index is -1.48. The molecule has 0 radical (unpaired) electrons. The van der Waals surface area contributed by atoms with E-state index in [0.29, 0.717) is 11.3 Å². The molecule has 1 aromatic heterocycles. The summed E-state index contributed by atoms with van der Waals surface area (Å²) < 4.78 is 5.00. The van der Waals surface area contributed by atoms with E-state index in [0.717, 1.165) is 5.56 Å². The molecule has 0 spiro atoms. The van der Waals surface area contributed by atoms with Gasteiger partial charge in [0.25, 0.3) is 5.91 Å². The molecular formula is C15H12NO4-. The minimum absolute atomic E-state index is 0.314. The maximum absolute atomic E-state index is 12.0. The van der Waals surface area contributed by atoms with Gasteiger partial charge in [-0.1, -0.05) is 17.7 Å². The van der Waals surface area contributed by atoms with Crippen LogP contribution in [0.4, 0.5) is 0 Å². The molecule has 102 valence electrons. The molecule has 2 aromatic rings. The average Bonchev–Trinajstić information content (AvgIpc) is 2.90. The summed E-state index contributed by atoms with van der Waals surface area (Å²) in [6.07, 6.45) is 2.60. The molecule has 0 aliphatic carbocycles. The predicted molar refractivity (Wildman–Crippen MR) is 70.3 cm³/mol. The van der Waals surface area contributed by atoms with E-state index in [1.165, 1.54) is 12.3 Å². The summed E-state index contributed by atoms with van der Waals surface area (Å²) in [6.45, 7) is 1.84. The maximum Gasteiger partial charge on any atom is 0.255 e. The standard InChI is InChI=1S/C15H13NO4/c1-10-4-2-5-11(8-10)14(17)16-13(15(18)19)9-12-6-3-7-20-12/h2-9H,1H3,(H,16,17)(H,18,19)/p-1. The van der Waals surface area contributed by atoms with Crippen LogP contribution in [0.3, 0.4) is 0 Å². The Labute approximate surface area is 115 Å². The molecule has 1 amide bonds. The van der Waals surface area contributed by atoms with Gasteiger partial charge in [0.2, 0.25) is 0 Å². The van der Waals surface area contributed by atoms with Crippen molar-refractivity contribution in [1.82, 2.24) is 5.32 Å². The number of benzene rings is 1. The Kier molecular flexibility index (Phi) is 4.00. The van der Waals surface area contributed by atoms with Crippen molar-refractivity contribution in [1.29, 1.82) is 0 Å². The number of hydrogen-bond acceptors (Lipinski definition) is 4. The Hall–Kier alpha value is -2.82. The number of amides is 1. The SMILES string of the molecule is Cc1cccc(C(=O)NC(=Cc2ccco2)C(=O)[O-])c1. The second kappa shape index (κ2) is 5.88. The lowest BCUT2D eigenvalue weighted by atomic mass is 10.1. The highest BCUT2D eigenvalue weighted by Gasteiger charge is 2.09. The Morgan fingerprint density at radius 2 is 2.05 bits per heavy atom. The highest BCUT2D eigenvalue weighted by atomic mass is 16.4. The fourth-order valence-electron chi connectivity index (χ4n) is 1.64. The third-order valence-electron chi connectivity index (χ3n) is 2.58. The van der Waals surface area contributed by atoms with Crippen molar-refractivity contribution in [3.8, 4) is 0 Å². The number of rotatable bonds is 4. The van der Waals surface area contributed by atoms with Crippen molar-refractivity contribution in [3.63, 3.8) is 0 Å². The van der Waals surface area contributed by atoms with Crippen LogP contribution < -0.4 is 10.4 Å². The van der Waals surface area contributed by atoms with Gasteiger partial charge in [-0.3, -0.25) is 4.79 Å².